The largest absolute Gasteiger partial charge is 0.392 e. The second-order valence-electron chi connectivity index (χ2n) is 3.92. The minimum atomic E-state index is -0.0367. The van der Waals surface area contributed by atoms with Crippen molar-refractivity contribution < 1.29 is 5.11 Å². The topological polar surface area (TPSA) is 50.9 Å². The van der Waals surface area contributed by atoms with Crippen molar-refractivity contribution >= 4 is 22.5 Å². The fourth-order valence-corrected chi connectivity index (χ4v) is 2.04. The molecule has 2 heterocycles. The second kappa shape index (κ2) is 4.40. The molecular formula is C13H10ClN3O. The van der Waals surface area contributed by atoms with Crippen molar-refractivity contribution in [1.82, 2.24) is 14.8 Å². The van der Waals surface area contributed by atoms with E-state index >= 15 is 0 Å². The van der Waals surface area contributed by atoms with Crippen molar-refractivity contribution in [1.29, 1.82) is 0 Å². The normalized spacial score (nSPS) is 11.0. The number of fused-ring (bicyclic) bond motifs is 1. The average molecular weight is 260 g/mol. The molecule has 5 heteroatoms. The first-order valence-electron chi connectivity index (χ1n) is 5.48. The summed E-state index contributed by atoms with van der Waals surface area (Å²) < 4.78 is 1.59. The van der Waals surface area contributed by atoms with Gasteiger partial charge in [0.25, 0.3) is 0 Å². The number of benzene rings is 1. The van der Waals surface area contributed by atoms with Crippen molar-refractivity contribution in [2.24, 2.45) is 0 Å². The highest BCUT2D eigenvalue weighted by molar-refractivity contribution is 6.30. The van der Waals surface area contributed by atoms with Gasteiger partial charge in [0.2, 0.25) is 0 Å². The molecule has 4 nitrogen and oxygen atoms in total. The molecule has 0 spiro atoms. The van der Waals surface area contributed by atoms with Crippen LogP contribution in [-0.2, 0) is 6.61 Å². The Labute approximate surface area is 108 Å². The minimum Gasteiger partial charge on any atom is -0.392 e. The highest BCUT2D eigenvalue weighted by Gasteiger charge is 2.07. The van der Waals surface area contributed by atoms with Gasteiger partial charge in [-0.2, -0.15) is 5.10 Å². The van der Waals surface area contributed by atoms with Crippen LogP contribution in [0, 0.1) is 0 Å². The summed E-state index contributed by atoms with van der Waals surface area (Å²) in [6, 6.07) is 9.49. The third-order valence-corrected chi connectivity index (χ3v) is 2.94. The van der Waals surface area contributed by atoms with E-state index in [1.807, 2.05) is 30.3 Å². The fourth-order valence-electron chi connectivity index (χ4n) is 1.91. The van der Waals surface area contributed by atoms with Gasteiger partial charge in [-0.1, -0.05) is 29.8 Å². The van der Waals surface area contributed by atoms with Gasteiger partial charge in [-0.05, 0) is 17.7 Å². The van der Waals surface area contributed by atoms with E-state index < -0.39 is 0 Å². The summed E-state index contributed by atoms with van der Waals surface area (Å²) in [5.41, 5.74) is 1.65. The molecular weight excluding hydrogens is 250 g/mol. The highest BCUT2D eigenvalue weighted by Crippen LogP contribution is 2.20. The van der Waals surface area contributed by atoms with E-state index in [0.29, 0.717) is 10.8 Å². The molecule has 0 aliphatic rings. The smallest absolute Gasteiger partial charge is 0.154 e. The van der Waals surface area contributed by atoms with Crippen LogP contribution in [0.15, 0.2) is 42.7 Å². The van der Waals surface area contributed by atoms with Gasteiger partial charge < -0.3 is 5.11 Å². The molecule has 0 unspecified atom stereocenters. The van der Waals surface area contributed by atoms with Gasteiger partial charge in [-0.3, -0.25) is 0 Å². The van der Waals surface area contributed by atoms with Crippen LogP contribution < -0.4 is 0 Å². The molecule has 0 saturated heterocycles. The Hall–Kier alpha value is -1.91. The number of rotatable bonds is 2. The number of nitrogens with zero attached hydrogens (tertiary/aromatic N) is 3. The molecule has 1 aromatic carbocycles. The number of hydrogen-bond acceptors (Lipinski definition) is 3. The third kappa shape index (κ3) is 1.85. The second-order valence-corrected chi connectivity index (χ2v) is 4.35. The summed E-state index contributed by atoms with van der Waals surface area (Å²) in [7, 11) is 0. The van der Waals surface area contributed by atoms with E-state index in [1.54, 1.807) is 17.1 Å². The van der Waals surface area contributed by atoms with Crippen LogP contribution in [-0.4, -0.2) is 19.9 Å². The first kappa shape index (κ1) is 11.2. The average Bonchev–Trinajstić information content (AvgIpc) is 2.84. The molecule has 0 atom stereocenters. The maximum atomic E-state index is 9.43. The Kier molecular flexibility index (Phi) is 2.74. The van der Waals surface area contributed by atoms with Crippen molar-refractivity contribution in [3.63, 3.8) is 0 Å². The summed E-state index contributed by atoms with van der Waals surface area (Å²) >= 11 is 5.84. The molecule has 3 aromatic rings. The lowest BCUT2D eigenvalue weighted by Gasteiger charge is -2.07. The number of hydrogen-bond donors (Lipinski definition) is 1. The first-order valence-corrected chi connectivity index (χ1v) is 5.86. The van der Waals surface area contributed by atoms with E-state index in [2.05, 4.69) is 10.1 Å². The van der Waals surface area contributed by atoms with Gasteiger partial charge >= 0.3 is 0 Å². The van der Waals surface area contributed by atoms with Crippen LogP contribution >= 0.6 is 11.6 Å². The van der Waals surface area contributed by atoms with Gasteiger partial charge in [-0.25, -0.2) is 9.67 Å². The van der Waals surface area contributed by atoms with Crippen LogP contribution in [0.5, 0.6) is 0 Å². The first-order chi connectivity index (χ1) is 8.78. The van der Waals surface area contributed by atoms with Gasteiger partial charge in [0, 0.05) is 5.39 Å². The van der Waals surface area contributed by atoms with Crippen LogP contribution in [0.1, 0.15) is 5.56 Å². The van der Waals surface area contributed by atoms with E-state index in [0.717, 1.165) is 16.5 Å². The zero-order valence-electron chi connectivity index (χ0n) is 9.42. The van der Waals surface area contributed by atoms with Crippen LogP contribution in [0.3, 0.4) is 0 Å². The van der Waals surface area contributed by atoms with Crippen molar-refractivity contribution in [2.45, 2.75) is 6.61 Å². The number of para-hydroxylation sites is 1. The van der Waals surface area contributed by atoms with Gasteiger partial charge in [0.15, 0.2) is 5.82 Å². The Morgan fingerprint density at radius 1 is 1.28 bits per heavy atom. The summed E-state index contributed by atoms with van der Waals surface area (Å²) in [5.74, 6) is 0.643. The zero-order valence-corrected chi connectivity index (χ0v) is 10.2. The lowest BCUT2D eigenvalue weighted by Crippen LogP contribution is -2.00. The van der Waals surface area contributed by atoms with E-state index in [9.17, 15) is 5.11 Å². The molecule has 0 bridgehead atoms. The number of pyridine rings is 1. The van der Waals surface area contributed by atoms with Crippen molar-refractivity contribution in [3.8, 4) is 5.82 Å². The maximum absolute atomic E-state index is 9.43. The molecule has 0 saturated carbocycles. The lowest BCUT2D eigenvalue weighted by molar-refractivity contribution is 0.283. The van der Waals surface area contributed by atoms with Gasteiger partial charge in [0.1, 0.15) is 0 Å². The zero-order chi connectivity index (χ0) is 12.5. The summed E-state index contributed by atoms with van der Waals surface area (Å²) in [5, 5.41) is 15.0. The van der Waals surface area contributed by atoms with Gasteiger partial charge in [-0.15, -0.1) is 0 Å². The fraction of sp³-hybridized carbons (Fsp3) is 0.0769. The molecule has 0 amide bonds. The summed E-state index contributed by atoms with van der Waals surface area (Å²) in [6.07, 6.45) is 3.23. The maximum Gasteiger partial charge on any atom is 0.154 e. The molecule has 18 heavy (non-hydrogen) atoms. The lowest BCUT2D eigenvalue weighted by atomic mass is 10.1. The molecule has 0 aliphatic carbocycles. The van der Waals surface area contributed by atoms with Crippen molar-refractivity contribution in [3.05, 3.63) is 53.3 Å². The van der Waals surface area contributed by atoms with Crippen molar-refractivity contribution in [2.75, 3.05) is 0 Å². The van der Waals surface area contributed by atoms with E-state index in [-0.39, 0.29) is 6.61 Å². The predicted molar refractivity (Wildman–Crippen MR) is 69.8 cm³/mol. The third-order valence-electron chi connectivity index (χ3n) is 2.74. The monoisotopic (exact) mass is 259 g/mol. The number of aliphatic hydroxyl groups is 1. The Morgan fingerprint density at radius 3 is 2.83 bits per heavy atom. The quantitative estimate of drug-likeness (QED) is 0.770. The molecule has 3 rings (SSSR count). The predicted octanol–water partition coefficient (Wildman–Crippen LogP) is 2.57. The number of aromatic nitrogens is 3. The summed E-state index contributed by atoms with van der Waals surface area (Å²) in [6.45, 7) is -0.0367. The minimum absolute atomic E-state index is 0.0367. The molecule has 0 radical (unpaired) electrons. The van der Waals surface area contributed by atoms with Crippen LogP contribution in [0.4, 0.5) is 0 Å². The Bertz CT molecular complexity index is 708. The molecule has 2 aromatic heterocycles. The molecule has 0 aliphatic heterocycles. The summed E-state index contributed by atoms with van der Waals surface area (Å²) in [4.78, 5) is 4.50. The Balaban J connectivity index is 2.25. The molecule has 0 fully saturated rings. The number of halogens is 1. The highest BCUT2D eigenvalue weighted by atomic mass is 35.5. The standard InChI is InChI=1S/C13H10ClN3O/c14-10-6-15-17(7-10)13-5-9(8-18)11-3-1-2-4-12(11)16-13/h1-7,18H,8H2. The molecule has 90 valence electrons. The van der Waals surface area contributed by atoms with Crippen LogP contribution in [0.2, 0.25) is 5.02 Å². The Morgan fingerprint density at radius 2 is 2.11 bits per heavy atom. The van der Waals surface area contributed by atoms with Crippen LogP contribution in [0.25, 0.3) is 16.7 Å². The molecule has 1 N–H and O–H groups in total. The SMILES string of the molecule is OCc1cc(-n2cc(Cl)cn2)nc2ccccc12. The number of aliphatic hydroxyl groups excluding tert-OH is 1. The van der Waals surface area contributed by atoms with Gasteiger partial charge in [0.05, 0.1) is 29.5 Å². The van der Waals surface area contributed by atoms with E-state index in [4.69, 9.17) is 11.6 Å². The van der Waals surface area contributed by atoms with E-state index in [1.165, 1.54) is 0 Å².